The molecule has 106 valence electrons. The molecule has 0 atom stereocenters. The molecule has 1 fully saturated rings. The Morgan fingerprint density at radius 3 is 2.68 bits per heavy atom. The van der Waals surface area contributed by atoms with Gasteiger partial charge >= 0.3 is 0 Å². The lowest BCUT2D eigenvalue weighted by Crippen LogP contribution is -2.36. The first kappa shape index (κ1) is 14.1. The Morgan fingerprint density at radius 1 is 1.37 bits per heavy atom. The summed E-state index contributed by atoms with van der Waals surface area (Å²) >= 11 is 0. The number of nitrogens with two attached hydrogens (primary N) is 1. The molecule has 4 nitrogen and oxygen atoms in total. The molecule has 0 bridgehead atoms. The van der Waals surface area contributed by atoms with Gasteiger partial charge in [0.05, 0.1) is 0 Å². The molecule has 1 aliphatic carbocycles. The maximum Gasteiger partial charge on any atom is 0.221 e. The van der Waals surface area contributed by atoms with Gasteiger partial charge in [0, 0.05) is 24.3 Å². The van der Waals surface area contributed by atoms with Crippen LogP contribution in [0.2, 0.25) is 0 Å². The van der Waals surface area contributed by atoms with E-state index in [2.05, 4.69) is 35.6 Å². The summed E-state index contributed by atoms with van der Waals surface area (Å²) in [6.07, 6.45) is 8.27. The van der Waals surface area contributed by atoms with Gasteiger partial charge in [0.1, 0.15) is 5.82 Å². The van der Waals surface area contributed by atoms with Crippen molar-refractivity contribution in [2.75, 3.05) is 17.2 Å². The average molecular weight is 262 g/mol. The fraction of sp³-hybridized carbons (Fsp3) is 0.733. The number of hydrogen-bond donors (Lipinski definition) is 1. The molecule has 0 radical (unpaired) electrons. The lowest BCUT2D eigenvalue weighted by atomic mass is 10.1. The van der Waals surface area contributed by atoms with Crippen LogP contribution in [-0.4, -0.2) is 22.6 Å². The second kappa shape index (κ2) is 6.22. The highest BCUT2D eigenvalue weighted by Crippen LogP contribution is 2.29. The lowest BCUT2D eigenvalue weighted by Gasteiger charge is -2.31. The smallest absolute Gasteiger partial charge is 0.221 e. The van der Waals surface area contributed by atoms with Gasteiger partial charge in [-0.05, 0) is 32.1 Å². The number of hydrogen-bond acceptors (Lipinski definition) is 4. The lowest BCUT2D eigenvalue weighted by molar-refractivity contribution is 0.524. The summed E-state index contributed by atoms with van der Waals surface area (Å²) < 4.78 is 0. The van der Waals surface area contributed by atoms with Gasteiger partial charge in [-0.2, -0.15) is 4.98 Å². The van der Waals surface area contributed by atoms with Crippen molar-refractivity contribution in [3.63, 3.8) is 0 Å². The van der Waals surface area contributed by atoms with Gasteiger partial charge < -0.3 is 10.6 Å². The predicted molar refractivity (Wildman–Crippen MR) is 80.2 cm³/mol. The summed E-state index contributed by atoms with van der Waals surface area (Å²) in [7, 11) is 0. The topological polar surface area (TPSA) is 55.0 Å². The summed E-state index contributed by atoms with van der Waals surface area (Å²) in [6, 6.07) is 0.631. The maximum absolute atomic E-state index is 5.77. The quantitative estimate of drug-likeness (QED) is 0.885. The number of anilines is 2. The van der Waals surface area contributed by atoms with E-state index in [1.165, 1.54) is 32.1 Å². The molecular formula is C15H26N4. The van der Waals surface area contributed by atoms with E-state index in [4.69, 9.17) is 5.73 Å². The zero-order valence-electron chi connectivity index (χ0n) is 12.4. The minimum atomic E-state index is 0.383. The molecule has 1 saturated carbocycles. The largest absolute Gasteiger partial charge is 0.368 e. The van der Waals surface area contributed by atoms with E-state index in [0.29, 0.717) is 17.9 Å². The standard InChI is InChI=1S/C15H26N4/c1-11(2)8-9-19(13-6-4-5-7-13)14-12(3)10-17-15(16)18-14/h10-11,13H,4-9H2,1-3H3,(H2,16,17,18). The molecule has 1 aromatic heterocycles. The molecule has 0 saturated heterocycles. The zero-order chi connectivity index (χ0) is 13.8. The van der Waals surface area contributed by atoms with Gasteiger partial charge in [-0.25, -0.2) is 4.98 Å². The first-order valence-corrected chi connectivity index (χ1v) is 7.43. The normalized spacial score (nSPS) is 16.2. The van der Waals surface area contributed by atoms with Crippen molar-refractivity contribution in [2.24, 2.45) is 5.92 Å². The Kier molecular flexibility index (Phi) is 4.61. The van der Waals surface area contributed by atoms with Crippen LogP contribution in [-0.2, 0) is 0 Å². The third-order valence-corrected chi connectivity index (χ3v) is 3.95. The van der Waals surface area contributed by atoms with E-state index in [-0.39, 0.29) is 0 Å². The first-order chi connectivity index (χ1) is 9.08. The summed E-state index contributed by atoms with van der Waals surface area (Å²) in [6.45, 7) is 7.69. The fourth-order valence-corrected chi connectivity index (χ4v) is 2.81. The predicted octanol–water partition coefficient (Wildman–Crippen LogP) is 3.16. The Balaban J connectivity index is 2.21. The minimum Gasteiger partial charge on any atom is -0.368 e. The Bertz CT molecular complexity index is 411. The van der Waals surface area contributed by atoms with Crippen molar-refractivity contribution in [1.29, 1.82) is 0 Å². The highest BCUT2D eigenvalue weighted by atomic mass is 15.2. The van der Waals surface area contributed by atoms with Crippen LogP contribution in [0.4, 0.5) is 11.8 Å². The third kappa shape index (κ3) is 3.58. The highest BCUT2D eigenvalue weighted by molar-refractivity contribution is 5.49. The molecule has 0 amide bonds. The van der Waals surface area contributed by atoms with Crippen molar-refractivity contribution in [2.45, 2.75) is 58.9 Å². The SMILES string of the molecule is Cc1cnc(N)nc1N(CCC(C)C)C1CCCC1. The number of aromatic nitrogens is 2. The van der Waals surface area contributed by atoms with E-state index >= 15 is 0 Å². The highest BCUT2D eigenvalue weighted by Gasteiger charge is 2.25. The molecule has 1 aliphatic rings. The number of nitrogen functional groups attached to an aromatic ring is 1. The molecule has 0 unspecified atom stereocenters. The first-order valence-electron chi connectivity index (χ1n) is 7.43. The molecule has 1 aromatic rings. The number of aryl methyl sites for hydroxylation is 1. The second-order valence-electron chi connectivity index (χ2n) is 6.05. The van der Waals surface area contributed by atoms with E-state index in [1.807, 2.05) is 6.20 Å². The molecule has 0 spiro atoms. The molecule has 1 heterocycles. The Labute approximate surface area is 116 Å². The molecular weight excluding hydrogens is 236 g/mol. The van der Waals surface area contributed by atoms with Crippen molar-refractivity contribution >= 4 is 11.8 Å². The van der Waals surface area contributed by atoms with Gasteiger partial charge in [0.15, 0.2) is 0 Å². The molecule has 19 heavy (non-hydrogen) atoms. The van der Waals surface area contributed by atoms with Crippen LogP contribution in [0.3, 0.4) is 0 Å². The zero-order valence-corrected chi connectivity index (χ0v) is 12.4. The van der Waals surface area contributed by atoms with E-state index in [0.717, 1.165) is 17.9 Å². The van der Waals surface area contributed by atoms with Crippen molar-refractivity contribution in [1.82, 2.24) is 9.97 Å². The van der Waals surface area contributed by atoms with Gasteiger partial charge in [-0.1, -0.05) is 26.7 Å². The van der Waals surface area contributed by atoms with Crippen LogP contribution in [0.1, 0.15) is 51.5 Å². The average Bonchev–Trinajstić information content (AvgIpc) is 2.87. The summed E-state index contributed by atoms with van der Waals surface area (Å²) in [5.74, 6) is 2.14. The van der Waals surface area contributed by atoms with Crippen LogP contribution >= 0.6 is 0 Å². The second-order valence-corrected chi connectivity index (χ2v) is 6.05. The van der Waals surface area contributed by atoms with E-state index in [9.17, 15) is 0 Å². The Morgan fingerprint density at radius 2 is 2.05 bits per heavy atom. The van der Waals surface area contributed by atoms with Crippen LogP contribution in [0.15, 0.2) is 6.20 Å². The molecule has 2 rings (SSSR count). The fourth-order valence-electron chi connectivity index (χ4n) is 2.81. The summed E-state index contributed by atoms with van der Waals surface area (Å²) in [5.41, 5.74) is 6.90. The third-order valence-electron chi connectivity index (χ3n) is 3.95. The van der Waals surface area contributed by atoms with Crippen LogP contribution < -0.4 is 10.6 Å². The van der Waals surface area contributed by atoms with Crippen molar-refractivity contribution in [3.05, 3.63) is 11.8 Å². The molecule has 4 heteroatoms. The van der Waals surface area contributed by atoms with E-state index < -0.39 is 0 Å². The van der Waals surface area contributed by atoms with Crippen LogP contribution in [0.25, 0.3) is 0 Å². The number of rotatable bonds is 5. The van der Waals surface area contributed by atoms with Gasteiger partial charge in [0.25, 0.3) is 0 Å². The molecule has 0 aliphatic heterocycles. The minimum absolute atomic E-state index is 0.383. The van der Waals surface area contributed by atoms with Gasteiger partial charge in [-0.3, -0.25) is 0 Å². The monoisotopic (exact) mass is 262 g/mol. The maximum atomic E-state index is 5.77. The van der Waals surface area contributed by atoms with Crippen LogP contribution in [0, 0.1) is 12.8 Å². The molecule has 2 N–H and O–H groups in total. The number of nitrogens with zero attached hydrogens (tertiary/aromatic N) is 3. The van der Waals surface area contributed by atoms with Crippen molar-refractivity contribution < 1.29 is 0 Å². The van der Waals surface area contributed by atoms with E-state index in [1.54, 1.807) is 0 Å². The van der Waals surface area contributed by atoms with Gasteiger partial charge in [-0.15, -0.1) is 0 Å². The molecule has 0 aromatic carbocycles. The van der Waals surface area contributed by atoms with Crippen molar-refractivity contribution in [3.8, 4) is 0 Å². The summed E-state index contributed by atoms with van der Waals surface area (Å²) in [4.78, 5) is 11.0. The van der Waals surface area contributed by atoms with Gasteiger partial charge in [0.2, 0.25) is 5.95 Å². The Hall–Kier alpha value is -1.32. The van der Waals surface area contributed by atoms with Crippen LogP contribution in [0.5, 0.6) is 0 Å². The summed E-state index contributed by atoms with van der Waals surface area (Å²) in [5, 5.41) is 0.